The lowest BCUT2D eigenvalue weighted by Gasteiger charge is -2.10. The number of halogens is 1. The quantitative estimate of drug-likeness (QED) is 0.941. The highest BCUT2D eigenvalue weighted by molar-refractivity contribution is 6.34. The maximum atomic E-state index is 12.1. The van der Waals surface area contributed by atoms with Crippen molar-refractivity contribution in [1.82, 2.24) is 4.98 Å². The van der Waals surface area contributed by atoms with E-state index in [1.165, 1.54) is 19.5 Å². The molecule has 5 nitrogen and oxygen atoms in total. The number of rotatable bonds is 4. The van der Waals surface area contributed by atoms with Crippen LogP contribution in [0.4, 0.5) is 5.69 Å². The number of methoxy groups -OCH3 is 2. The fraction of sp³-hybridized carbons (Fsp3) is 0.143. The van der Waals surface area contributed by atoms with Gasteiger partial charge in [0.05, 0.1) is 24.8 Å². The van der Waals surface area contributed by atoms with E-state index >= 15 is 0 Å². The molecule has 0 spiro atoms. The molecule has 1 aromatic heterocycles. The number of carbonyl (C=O) groups is 1. The molecular formula is C14H13ClN2O3. The second kappa shape index (κ2) is 6.25. The van der Waals surface area contributed by atoms with E-state index in [1.807, 2.05) is 0 Å². The summed E-state index contributed by atoms with van der Waals surface area (Å²) >= 11 is 5.95. The van der Waals surface area contributed by atoms with Crippen molar-refractivity contribution < 1.29 is 14.3 Å². The van der Waals surface area contributed by atoms with Gasteiger partial charge in [-0.05, 0) is 18.2 Å². The number of hydrogen-bond donors (Lipinski definition) is 1. The molecular weight excluding hydrogens is 280 g/mol. The van der Waals surface area contributed by atoms with Crippen molar-refractivity contribution in [1.29, 1.82) is 0 Å². The van der Waals surface area contributed by atoms with Crippen LogP contribution in [-0.2, 0) is 0 Å². The summed E-state index contributed by atoms with van der Waals surface area (Å²) in [5.74, 6) is 0.780. The number of carbonyl (C=O) groups excluding carboxylic acids is 1. The van der Waals surface area contributed by atoms with E-state index in [9.17, 15) is 4.79 Å². The van der Waals surface area contributed by atoms with Gasteiger partial charge in [0.15, 0.2) is 11.5 Å². The van der Waals surface area contributed by atoms with Crippen molar-refractivity contribution in [2.24, 2.45) is 0 Å². The van der Waals surface area contributed by atoms with Crippen LogP contribution >= 0.6 is 11.6 Å². The topological polar surface area (TPSA) is 60.5 Å². The van der Waals surface area contributed by atoms with Gasteiger partial charge in [0.2, 0.25) is 0 Å². The molecule has 20 heavy (non-hydrogen) atoms. The van der Waals surface area contributed by atoms with Crippen LogP contribution in [0.15, 0.2) is 36.7 Å². The lowest BCUT2D eigenvalue weighted by molar-refractivity contribution is 0.102. The van der Waals surface area contributed by atoms with Gasteiger partial charge in [-0.25, -0.2) is 0 Å². The van der Waals surface area contributed by atoms with Crippen molar-refractivity contribution in [3.63, 3.8) is 0 Å². The number of hydrogen-bond acceptors (Lipinski definition) is 4. The molecule has 0 fully saturated rings. The number of nitrogens with zero attached hydrogens (tertiary/aromatic N) is 1. The molecule has 1 aromatic carbocycles. The molecule has 1 heterocycles. The Balaban J connectivity index is 2.22. The first-order chi connectivity index (χ1) is 9.65. The van der Waals surface area contributed by atoms with Crippen LogP contribution in [0, 0.1) is 0 Å². The molecule has 104 valence electrons. The minimum absolute atomic E-state index is 0.309. The van der Waals surface area contributed by atoms with E-state index in [4.69, 9.17) is 21.1 Å². The van der Waals surface area contributed by atoms with E-state index in [0.29, 0.717) is 27.8 Å². The minimum atomic E-state index is -0.338. The maximum absolute atomic E-state index is 12.1. The van der Waals surface area contributed by atoms with E-state index in [0.717, 1.165) is 0 Å². The third kappa shape index (κ3) is 3.00. The molecule has 0 unspecified atom stereocenters. The van der Waals surface area contributed by atoms with Crippen molar-refractivity contribution in [2.75, 3.05) is 19.5 Å². The second-order valence-corrected chi connectivity index (χ2v) is 4.29. The summed E-state index contributed by atoms with van der Waals surface area (Å²) in [6.07, 6.45) is 2.94. The number of amides is 1. The summed E-state index contributed by atoms with van der Waals surface area (Å²) < 4.78 is 10.3. The molecule has 1 amide bonds. The monoisotopic (exact) mass is 292 g/mol. The molecule has 2 rings (SSSR count). The normalized spacial score (nSPS) is 9.95. The summed E-state index contributed by atoms with van der Waals surface area (Å²) in [5.41, 5.74) is 0.886. The zero-order valence-corrected chi connectivity index (χ0v) is 11.8. The lowest BCUT2D eigenvalue weighted by Crippen LogP contribution is -2.12. The highest BCUT2D eigenvalue weighted by Crippen LogP contribution is 2.30. The Kier molecular flexibility index (Phi) is 4.42. The van der Waals surface area contributed by atoms with Crippen LogP contribution in [-0.4, -0.2) is 25.1 Å². The van der Waals surface area contributed by atoms with Crippen molar-refractivity contribution in [2.45, 2.75) is 0 Å². The number of pyridine rings is 1. The SMILES string of the molecule is COc1ccc(NC(=O)c2cnccc2Cl)cc1OC. The number of anilines is 1. The molecule has 0 saturated carbocycles. The Morgan fingerprint density at radius 2 is 1.95 bits per heavy atom. The predicted molar refractivity (Wildman–Crippen MR) is 76.7 cm³/mol. The smallest absolute Gasteiger partial charge is 0.258 e. The summed E-state index contributed by atoms with van der Waals surface area (Å²) in [6.45, 7) is 0. The summed E-state index contributed by atoms with van der Waals surface area (Å²) in [5, 5.41) is 3.07. The van der Waals surface area contributed by atoms with Gasteiger partial charge in [-0.2, -0.15) is 0 Å². The second-order valence-electron chi connectivity index (χ2n) is 3.88. The summed E-state index contributed by atoms with van der Waals surface area (Å²) in [6, 6.07) is 6.65. The molecule has 0 bridgehead atoms. The predicted octanol–water partition coefficient (Wildman–Crippen LogP) is 3.00. The van der Waals surface area contributed by atoms with Gasteiger partial charge in [-0.15, -0.1) is 0 Å². The van der Waals surface area contributed by atoms with Gasteiger partial charge in [-0.3, -0.25) is 9.78 Å². The van der Waals surface area contributed by atoms with Crippen LogP contribution < -0.4 is 14.8 Å². The van der Waals surface area contributed by atoms with Gasteiger partial charge in [0, 0.05) is 24.1 Å². The fourth-order valence-electron chi connectivity index (χ4n) is 1.66. The first-order valence-electron chi connectivity index (χ1n) is 5.78. The molecule has 0 saturated heterocycles. The Morgan fingerprint density at radius 1 is 1.20 bits per heavy atom. The molecule has 1 N–H and O–H groups in total. The average molecular weight is 293 g/mol. The van der Waals surface area contributed by atoms with Crippen LogP contribution in [0.2, 0.25) is 5.02 Å². The standard InChI is InChI=1S/C14H13ClN2O3/c1-19-12-4-3-9(7-13(12)20-2)17-14(18)10-8-16-6-5-11(10)15/h3-8H,1-2H3,(H,17,18). The van der Waals surface area contributed by atoms with Gasteiger partial charge in [0.1, 0.15) is 0 Å². The van der Waals surface area contributed by atoms with E-state index in [2.05, 4.69) is 10.3 Å². The van der Waals surface area contributed by atoms with Gasteiger partial charge >= 0.3 is 0 Å². The Bertz CT molecular complexity index is 632. The molecule has 0 atom stereocenters. The van der Waals surface area contributed by atoms with E-state index in [-0.39, 0.29) is 5.91 Å². The Hall–Kier alpha value is -2.27. The Morgan fingerprint density at radius 3 is 2.60 bits per heavy atom. The zero-order chi connectivity index (χ0) is 14.5. The lowest BCUT2D eigenvalue weighted by atomic mass is 10.2. The molecule has 0 aliphatic rings. The molecule has 2 aromatic rings. The first-order valence-corrected chi connectivity index (χ1v) is 6.16. The fourth-order valence-corrected chi connectivity index (χ4v) is 1.85. The van der Waals surface area contributed by atoms with Crippen LogP contribution in [0.3, 0.4) is 0 Å². The van der Waals surface area contributed by atoms with Gasteiger partial charge in [-0.1, -0.05) is 11.6 Å². The molecule has 0 aliphatic carbocycles. The first kappa shape index (κ1) is 14.1. The third-order valence-electron chi connectivity index (χ3n) is 2.65. The number of nitrogens with one attached hydrogen (secondary N) is 1. The van der Waals surface area contributed by atoms with Crippen molar-refractivity contribution in [3.8, 4) is 11.5 Å². The van der Waals surface area contributed by atoms with Crippen molar-refractivity contribution >= 4 is 23.2 Å². The van der Waals surface area contributed by atoms with Gasteiger partial charge in [0.25, 0.3) is 5.91 Å². The maximum Gasteiger partial charge on any atom is 0.258 e. The third-order valence-corrected chi connectivity index (χ3v) is 2.98. The van der Waals surface area contributed by atoms with E-state index < -0.39 is 0 Å². The number of benzene rings is 1. The van der Waals surface area contributed by atoms with Crippen LogP contribution in [0.1, 0.15) is 10.4 Å². The highest BCUT2D eigenvalue weighted by atomic mass is 35.5. The number of ether oxygens (including phenoxy) is 2. The largest absolute Gasteiger partial charge is 0.493 e. The van der Waals surface area contributed by atoms with Gasteiger partial charge < -0.3 is 14.8 Å². The molecule has 0 radical (unpaired) electrons. The summed E-state index contributed by atoms with van der Waals surface area (Å²) in [7, 11) is 3.08. The molecule has 6 heteroatoms. The van der Waals surface area contributed by atoms with Crippen molar-refractivity contribution in [3.05, 3.63) is 47.2 Å². The van der Waals surface area contributed by atoms with Crippen LogP contribution in [0.5, 0.6) is 11.5 Å². The number of aromatic nitrogens is 1. The zero-order valence-electron chi connectivity index (χ0n) is 11.0. The highest BCUT2D eigenvalue weighted by Gasteiger charge is 2.12. The minimum Gasteiger partial charge on any atom is -0.493 e. The average Bonchev–Trinajstić information content (AvgIpc) is 2.47. The van der Waals surface area contributed by atoms with E-state index in [1.54, 1.807) is 31.4 Å². The van der Waals surface area contributed by atoms with Crippen LogP contribution in [0.25, 0.3) is 0 Å². The summed E-state index contributed by atoms with van der Waals surface area (Å²) in [4.78, 5) is 16.0. The molecule has 0 aliphatic heterocycles. The Labute approximate surface area is 121 Å².